The highest BCUT2D eigenvalue weighted by molar-refractivity contribution is 5.33. The Hall–Kier alpha value is -1.02. The minimum atomic E-state index is 0.232. The van der Waals surface area contributed by atoms with Crippen LogP contribution in [0, 0.1) is 12.8 Å². The minimum Gasteiger partial charge on any atom is -0.497 e. The second kappa shape index (κ2) is 5.01. The van der Waals surface area contributed by atoms with Crippen LogP contribution in [0.2, 0.25) is 0 Å². The van der Waals surface area contributed by atoms with Crippen molar-refractivity contribution in [2.75, 3.05) is 13.7 Å². The van der Waals surface area contributed by atoms with Crippen LogP contribution in [0.1, 0.15) is 18.1 Å². The lowest BCUT2D eigenvalue weighted by Crippen LogP contribution is -2.04. The molecular formula is C12H18O2. The van der Waals surface area contributed by atoms with Crippen LogP contribution < -0.4 is 4.74 Å². The third-order valence-corrected chi connectivity index (χ3v) is 2.24. The van der Waals surface area contributed by atoms with E-state index in [4.69, 9.17) is 9.84 Å². The zero-order valence-corrected chi connectivity index (χ0v) is 9.08. The molecule has 1 aromatic rings. The Labute approximate surface area is 85.5 Å². The maximum absolute atomic E-state index is 8.96. The van der Waals surface area contributed by atoms with Crippen LogP contribution in [0.3, 0.4) is 0 Å². The Morgan fingerprint density at radius 2 is 2.07 bits per heavy atom. The van der Waals surface area contributed by atoms with Crippen LogP contribution in [0.15, 0.2) is 18.2 Å². The van der Waals surface area contributed by atoms with Gasteiger partial charge in [0.05, 0.1) is 7.11 Å². The molecule has 0 bridgehead atoms. The van der Waals surface area contributed by atoms with Gasteiger partial charge in [0.2, 0.25) is 0 Å². The highest BCUT2D eigenvalue weighted by Gasteiger charge is 2.04. The number of benzene rings is 1. The van der Waals surface area contributed by atoms with Crippen molar-refractivity contribution >= 4 is 0 Å². The molecule has 2 nitrogen and oxygen atoms in total. The average molecular weight is 194 g/mol. The van der Waals surface area contributed by atoms with Gasteiger partial charge in [-0.2, -0.15) is 0 Å². The fourth-order valence-corrected chi connectivity index (χ4v) is 1.53. The van der Waals surface area contributed by atoms with Gasteiger partial charge < -0.3 is 9.84 Å². The Kier molecular flexibility index (Phi) is 3.96. The van der Waals surface area contributed by atoms with E-state index in [-0.39, 0.29) is 6.61 Å². The van der Waals surface area contributed by atoms with E-state index >= 15 is 0 Å². The molecule has 0 aliphatic carbocycles. The first kappa shape index (κ1) is 11.1. The molecule has 0 aliphatic rings. The fraction of sp³-hybridized carbons (Fsp3) is 0.500. The summed E-state index contributed by atoms with van der Waals surface area (Å²) in [5, 5.41) is 8.96. The van der Waals surface area contributed by atoms with Gasteiger partial charge >= 0.3 is 0 Å². The lowest BCUT2D eigenvalue weighted by atomic mass is 10.0. The van der Waals surface area contributed by atoms with Crippen molar-refractivity contribution in [3.63, 3.8) is 0 Å². The first-order chi connectivity index (χ1) is 6.65. The third kappa shape index (κ3) is 3.04. The molecule has 1 N–H and O–H groups in total. The molecule has 2 heteroatoms. The summed E-state index contributed by atoms with van der Waals surface area (Å²) in [5.74, 6) is 1.20. The number of rotatable bonds is 4. The van der Waals surface area contributed by atoms with Crippen molar-refractivity contribution in [3.8, 4) is 5.75 Å². The summed E-state index contributed by atoms with van der Waals surface area (Å²) in [4.78, 5) is 0. The Bertz CT molecular complexity index is 294. The summed E-state index contributed by atoms with van der Waals surface area (Å²) in [5.41, 5.74) is 2.42. The zero-order valence-electron chi connectivity index (χ0n) is 9.08. The van der Waals surface area contributed by atoms with Crippen molar-refractivity contribution < 1.29 is 9.84 Å². The molecule has 1 aromatic carbocycles. The van der Waals surface area contributed by atoms with Crippen LogP contribution >= 0.6 is 0 Å². The van der Waals surface area contributed by atoms with Crippen LogP contribution in [-0.4, -0.2) is 18.8 Å². The topological polar surface area (TPSA) is 29.5 Å². The number of aryl methyl sites for hydroxylation is 1. The van der Waals surface area contributed by atoms with Gasteiger partial charge in [0.15, 0.2) is 0 Å². The smallest absolute Gasteiger partial charge is 0.119 e. The summed E-state index contributed by atoms with van der Waals surface area (Å²) < 4.78 is 5.19. The predicted molar refractivity (Wildman–Crippen MR) is 57.7 cm³/mol. The van der Waals surface area contributed by atoms with Crippen LogP contribution in [0.5, 0.6) is 5.75 Å². The third-order valence-electron chi connectivity index (χ3n) is 2.24. The van der Waals surface area contributed by atoms with E-state index < -0.39 is 0 Å². The molecule has 1 unspecified atom stereocenters. The van der Waals surface area contributed by atoms with E-state index in [1.165, 1.54) is 11.1 Å². The standard InChI is InChI=1S/C12H18O2/c1-9-4-11(5-10(2)8-13)7-12(6-9)14-3/h4,6-7,10,13H,5,8H2,1-3H3. The molecule has 0 heterocycles. The van der Waals surface area contributed by atoms with E-state index in [0.29, 0.717) is 5.92 Å². The summed E-state index contributed by atoms with van der Waals surface area (Å²) in [6, 6.07) is 6.17. The van der Waals surface area contributed by atoms with Gasteiger partial charge in [-0.15, -0.1) is 0 Å². The van der Waals surface area contributed by atoms with Crippen molar-refractivity contribution in [1.29, 1.82) is 0 Å². The first-order valence-electron chi connectivity index (χ1n) is 4.91. The molecule has 0 spiro atoms. The van der Waals surface area contributed by atoms with Crippen LogP contribution in [0.25, 0.3) is 0 Å². The maximum atomic E-state index is 8.96. The highest BCUT2D eigenvalue weighted by atomic mass is 16.5. The van der Waals surface area contributed by atoms with Crippen molar-refractivity contribution in [3.05, 3.63) is 29.3 Å². The number of aliphatic hydroxyl groups is 1. The first-order valence-corrected chi connectivity index (χ1v) is 4.91. The van der Waals surface area contributed by atoms with Gasteiger partial charge in [-0.05, 0) is 42.5 Å². The van der Waals surface area contributed by atoms with Gasteiger partial charge in [0.1, 0.15) is 5.75 Å². The number of hydrogen-bond acceptors (Lipinski definition) is 2. The summed E-state index contributed by atoms with van der Waals surface area (Å²) in [6.07, 6.45) is 0.897. The second-order valence-electron chi connectivity index (χ2n) is 3.85. The predicted octanol–water partition coefficient (Wildman–Crippen LogP) is 2.17. The van der Waals surface area contributed by atoms with Gasteiger partial charge in [0.25, 0.3) is 0 Å². The molecule has 0 aliphatic heterocycles. The van der Waals surface area contributed by atoms with E-state index in [1.807, 2.05) is 19.1 Å². The van der Waals surface area contributed by atoms with Crippen molar-refractivity contribution in [1.82, 2.24) is 0 Å². The van der Waals surface area contributed by atoms with Crippen molar-refractivity contribution in [2.45, 2.75) is 20.3 Å². The summed E-state index contributed by atoms with van der Waals surface area (Å²) >= 11 is 0. The normalized spacial score (nSPS) is 12.6. The minimum absolute atomic E-state index is 0.232. The Balaban J connectivity index is 2.81. The molecule has 1 atom stereocenters. The number of ether oxygens (including phenoxy) is 1. The number of hydrogen-bond donors (Lipinski definition) is 1. The zero-order chi connectivity index (χ0) is 10.6. The highest BCUT2D eigenvalue weighted by Crippen LogP contribution is 2.18. The van der Waals surface area contributed by atoms with Crippen LogP contribution in [0.4, 0.5) is 0 Å². The number of methoxy groups -OCH3 is 1. The molecule has 14 heavy (non-hydrogen) atoms. The largest absolute Gasteiger partial charge is 0.497 e. The van der Waals surface area contributed by atoms with E-state index in [9.17, 15) is 0 Å². The molecule has 0 amide bonds. The van der Waals surface area contributed by atoms with Crippen LogP contribution in [-0.2, 0) is 6.42 Å². The SMILES string of the molecule is COc1cc(C)cc(CC(C)CO)c1. The molecule has 0 saturated carbocycles. The molecule has 0 saturated heterocycles. The van der Waals surface area contributed by atoms with E-state index in [0.717, 1.165) is 12.2 Å². The lowest BCUT2D eigenvalue weighted by Gasteiger charge is -2.10. The molecule has 0 aromatic heterocycles. The summed E-state index contributed by atoms with van der Waals surface area (Å²) in [7, 11) is 1.67. The van der Waals surface area contributed by atoms with E-state index in [2.05, 4.69) is 13.0 Å². The molecular weight excluding hydrogens is 176 g/mol. The monoisotopic (exact) mass is 194 g/mol. The van der Waals surface area contributed by atoms with Gasteiger partial charge in [-0.1, -0.05) is 13.0 Å². The Morgan fingerprint density at radius 1 is 1.36 bits per heavy atom. The molecule has 0 fully saturated rings. The molecule has 78 valence electrons. The van der Waals surface area contributed by atoms with Gasteiger partial charge in [-0.3, -0.25) is 0 Å². The lowest BCUT2D eigenvalue weighted by molar-refractivity contribution is 0.237. The van der Waals surface area contributed by atoms with Crippen molar-refractivity contribution in [2.24, 2.45) is 5.92 Å². The fourth-order valence-electron chi connectivity index (χ4n) is 1.53. The average Bonchev–Trinajstić information content (AvgIpc) is 2.16. The second-order valence-corrected chi connectivity index (χ2v) is 3.85. The molecule has 0 radical (unpaired) electrons. The maximum Gasteiger partial charge on any atom is 0.119 e. The van der Waals surface area contributed by atoms with Gasteiger partial charge in [-0.25, -0.2) is 0 Å². The summed E-state index contributed by atoms with van der Waals surface area (Å²) in [6.45, 7) is 4.32. The van der Waals surface area contributed by atoms with Gasteiger partial charge in [0, 0.05) is 6.61 Å². The number of aliphatic hydroxyl groups excluding tert-OH is 1. The Morgan fingerprint density at radius 3 is 2.64 bits per heavy atom. The molecule has 1 rings (SSSR count). The van der Waals surface area contributed by atoms with E-state index in [1.54, 1.807) is 7.11 Å². The quantitative estimate of drug-likeness (QED) is 0.796.